The predicted octanol–water partition coefficient (Wildman–Crippen LogP) is 0.441. The molecule has 2 N–H and O–H groups in total. The van der Waals surface area contributed by atoms with E-state index in [0.717, 1.165) is 19.6 Å². The minimum atomic E-state index is -0.197. The topological polar surface area (TPSA) is 35.5 Å². The number of likely N-dealkylation sites (N-methyl/N-ethyl adjacent to an activating group) is 1. The Morgan fingerprint density at radius 3 is 2.92 bits per heavy atom. The monoisotopic (exact) mass is 186 g/mol. The van der Waals surface area contributed by atoms with E-state index >= 15 is 0 Å². The van der Waals surface area contributed by atoms with Gasteiger partial charge in [-0.2, -0.15) is 0 Å². The molecule has 0 aromatic carbocycles. The lowest BCUT2D eigenvalue weighted by Crippen LogP contribution is -2.47. The predicted molar refractivity (Wildman–Crippen MR) is 54.8 cm³/mol. The second-order valence-corrected chi connectivity index (χ2v) is 4.05. The Balaban J connectivity index is 2.36. The summed E-state index contributed by atoms with van der Waals surface area (Å²) in [7, 11) is 2.00. The highest BCUT2D eigenvalue weighted by Crippen LogP contribution is 2.16. The number of piperidine rings is 1. The summed E-state index contributed by atoms with van der Waals surface area (Å²) in [6.45, 7) is 4.89. The summed E-state index contributed by atoms with van der Waals surface area (Å²) >= 11 is 0. The van der Waals surface area contributed by atoms with Gasteiger partial charge in [0.15, 0.2) is 0 Å². The standard InChI is InChI=1S/C10H22N2O/c1-9(13)8-12-6-4-3-5-10(12)7-11-2/h9-11,13H,3-8H2,1-2H3. The first kappa shape index (κ1) is 11.0. The normalized spacial score (nSPS) is 27.5. The van der Waals surface area contributed by atoms with Crippen molar-refractivity contribution in [3.05, 3.63) is 0 Å². The van der Waals surface area contributed by atoms with Gasteiger partial charge in [0, 0.05) is 19.1 Å². The Bertz CT molecular complexity index is 137. The largest absolute Gasteiger partial charge is 0.392 e. The molecule has 1 saturated heterocycles. The van der Waals surface area contributed by atoms with Crippen LogP contribution >= 0.6 is 0 Å². The highest BCUT2D eigenvalue weighted by molar-refractivity contribution is 4.79. The average molecular weight is 186 g/mol. The zero-order valence-corrected chi connectivity index (χ0v) is 8.79. The van der Waals surface area contributed by atoms with Crippen molar-refractivity contribution < 1.29 is 5.11 Å². The molecule has 0 aromatic heterocycles. The third-order valence-electron chi connectivity index (χ3n) is 2.69. The molecule has 2 unspecified atom stereocenters. The molecule has 0 saturated carbocycles. The SMILES string of the molecule is CNCC1CCCCN1CC(C)O. The van der Waals surface area contributed by atoms with Gasteiger partial charge in [-0.05, 0) is 33.4 Å². The van der Waals surface area contributed by atoms with Crippen LogP contribution in [0.4, 0.5) is 0 Å². The van der Waals surface area contributed by atoms with Gasteiger partial charge in [-0.3, -0.25) is 4.90 Å². The first-order valence-corrected chi connectivity index (χ1v) is 5.30. The van der Waals surface area contributed by atoms with E-state index in [1.807, 2.05) is 14.0 Å². The van der Waals surface area contributed by atoms with Gasteiger partial charge < -0.3 is 10.4 Å². The van der Waals surface area contributed by atoms with Crippen LogP contribution < -0.4 is 5.32 Å². The molecule has 3 heteroatoms. The zero-order chi connectivity index (χ0) is 9.68. The van der Waals surface area contributed by atoms with E-state index in [9.17, 15) is 5.11 Å². The molecule has 2 atom stereocenters. The number of aliphatic hydroxyl groups excluding tert-OH is 1. The van der Waals surface area contributed by atoms with Crippen molar-refractivity contribution in [3.8, 4) is 0 Å². The van der Waals surface area contributed by atoms with Crippen LogP contribution in [0.3, 0.4) is 0 Å². The van der Waals surface area contributed by atoms with Gasteiger partial charge in [0.25, 0.3) is 0 Å². The number of likely N-dealkylation sites (tertiary alicyclic amines) is 1. The van der Waals surface area contributed by atoms with E-state index in [1.54, 1.807) is 0 Å². The molecule has 0 aromatic rings. The van der Waals surface area contributed by atoms with E-state index < -0.39 is 0 Å². The van der Waals surface area contributed by atoms with Crippen molar-refractivity contribution in [1.29, 1.82) is 0 Å². The van der Waals surface area contributed by atoms with Crippen LogP contribution in [0.25, 0.3) is 0 Å². The van der Waals surface area contributed by atoms with Crippen LogP contribution in [0.1, 0.15) is 26.2 Å². The second-order valence-electron chi connectivity index (χ2n) is 4.05. The molecule has 0 radical (unpaired) electrons. The maximum atomic E-state index is 9.33. The zero-order valence-electron chi connectivity index (χ0n) is 8.79. The second kappa shape index (κ2) is 5.58. The van der Waals surface area contributed by atoms with Crippen molar-refractivity contribution in [1.82, 2.24) is 10.2 Å². The fraction of sp³-hybridized carbons (Fsp3) is 1.00. The van der Waals surface area contributed by atoms with Crippen LogP contribution in [-0.2, 0) is 0 Å². The number of β-amino-alcohol motifs (C(OH)–C–C–N with tert-alkyl or cyclic N) is 1. The average Bonchev–Trinajstić information content (AvgIpc) is 2.08. The molecule has 1 aliphatic heterocycles. The molecule has 1 fully saturated rings. The quantitative estimate of drug-likeness (QED) is 0.669. The molecule has 1 aliphatic rings. The number of hydrogen-bond acceptors (Lipinski definition) is 3. The fourth-order valence-electron chi connectivity index (χ4n) is 2.11. The van der Waals surface area contributed by atoms with Crippen molar-refractivity contribution >= 4 is 0 Å². The first-order chi connectivity index (χ1) is 6.24. The summed E-state index contributed by atoms with van der Waals surface area (Å²) in [5.74, 6) is 0. The van der Waals surface area contributed by atoms with E-state index in [-0.39, 0.29) is 6.10 Å². The fourth-order valence-corrected chi connectivity index (χ4v) is 2.11. The minimum absolute atomic E-state index is 0.197. The van der Waals surface area contributed by atoms with E-state index in [1.165, 1.54) is 19.3 Å². The molecule has 0 bridgehead atoms. The van der Waals surface area contributed by atoms with Gasteiger partial charge in [-0.25, -0.2) is 0 Å². The summed E-state index contributed by atoms with van der Waals surface area (Å²) in [6, 6.07) is 0.633. The number of aliphatic hydroxyl groups is 1. The smallest absolute Gasteiger partial charge is 0.0639 e. The van der Waals surface area contributed by atoms with Gasteiger partial charge in [0.2, 0.25) is 0 Å². The Morgan fingerprint density at radius 1 is 1.54 bits per heavy atom. The van der Waals surface area contributed by atoms with E-state index in [0.29, 0.717) is 6.04 Å². The first-order valence-electron chi connectivity index (χ1n) is 5.30. The highest BCUT2D eigenvalue weighted by Gasteiger charge is 2.22. The Labute approximate surface area is 81.1 Å². The van der Waals surface area contributed by atoms with Gasteiger partial charge in [0.05, 0.1) is 6.10 Å². The summed E-state index contributed by atoms with van der Waals surface area (Å²) < 4.78 is 0. The molecular formula is C10H22N2O. The van der Waals surface area contributed by atoms with Crippen LogP contribution in [0.5, 0.6) is 0 Å². The molecule has 3 nitrogen and oxygen atoms in total. The number of rotatable bonds is 4. The molecule has 13 heavy (non-hydrogen) atoms. The van der Waals surface area contributed by atoms with Crippen molar-refractivity contribution in [2.24, 2.45) is 0 Å². The van der Waals surface area contributed by atoms with Gasteiger partial charge in [-0.1, -0.05) is 6.42 Å². The minimum Gasteiger partial charge on any atom is -0.392 e. The van der Waals surface area contributed by atoms with Gasteiger partial charge >= 0.3 is 0 Å². The van der Waals surface area contributed by atoms with Crippen LogP contribution in [-0.4, -0.2) is 48.8 Å². The van der Waals surface area contributed by atoms with Crippen LogP contribution in [0.2, 0.25) is 0 Å². The molecule has 0 amide bonds. The van der Waals surface area contributed by atoms with Gasteiger partial charge in [0.1, 0.15) is 0 Å². The third-order valence-corrected chi connectivity index (χ3v) is 2.69. The summed E-state index contributed by atoms with van der Waals surface area (Å²) in [6.07, 6.45) is 3.70. The van der Waals surface area contributed by atoms with Crippen LogP contribution in [0, 0.1) is 0 Å². The third kappa shape index (κ3) is 3.63. The Morgan fingerprint density at radius 2 is 2.31 bits per heavy atom. The molecule has 0 spiro atoms. The molecule has 1 rings (SSSR count). The molecule has 0 aliphatic carbocycles. The van der Waals surface area contributed by atoms with Crippen molar-refractivity contribution in [2.75, 3.05) is 26.7 Å². The summed E-state index contributed by atoms with van der Waals surface area (Å²) in [4.78, 5) is 2.41. The summed E-state index contributed by atoms with van der Waals surface area (Å²) in [5, 5.41) is 12.5. The Kier molecular flexibility index (Phi) is 4.70. The molecular weight excluding hydrogens is 164 g/mol. The van der Waals surface area contributed by atoms with Crippen LogP contribution in [0.15, 0.2) is 0 Å². The Hall–Kier alpha value is -0.120. The molecule has 1 heterocycles. The highest BCUT2D eigenvalue weighted by atomic mass is 16.3. The van der Waals surface area contributed by atoms with Crippen molar-refractivity contribution in [2.45, 2.75) is 38.3 Å². The van der Waals surface area contributed by atoms with E-state index in [2.05, 4.69) is 10.2 Å². The lowest BCUT2D eigenvalue weighted by atomic mass is 10.0. The lowest BCUT2D eigenvalue weighted by Gasteiger charge is -2.36. The number of nitrogens with zero attached hydrogens (tertiary/aromatic N) is 1. The maximum absolute atomic E-state index is 9.33. The number of nitrogens with one attached hydrogen (secondary N) is 1. The van der Waals surface area contributed by atoms with E-state index in [4.69, 9.17) is 0 Å². The lowest BCUT2D eigenvalue weighted by molar-refractivity contribution is 0.0769. The van der Waals surface area contributed by atoms with Gasteiger partial charge in [-0.15, -0.1) is 0 Å². The summed E-state index contributed by atoms with van der Waals surface area (Å²) in [5.41, 5.74) is 0. The molecule has 78 valence electrons. The maximum Gasteiger partial charge on any atom is 0.0639 e. The van der Waals surface area contributed by atoms with Crippen molar-refractivity contribution in [3.63, 3.8) is 0 Å². The number of hydrogen-bond donors (Lipinski definition) is 2.